The van der Waals surface area contributed by atoms with Gasteiger partial charge in [-0.2, -0.15) is 0 Å². The second kappa shape index (κ2) is 9.12. The summed E-state index contributed by atoms with van der Waals surface area (Å²) in [4.78, 5) is 11.2. The van der Waals surface area contributed by atoms with Gasteiger partial charge in [-0.25, -0.2) is 0 Å². The van der Waals surface area contributed by atoms with Crippen LogP contribution in [0, 0.1) is 5.92 Å². The summed E-state index contributed by atoms with van der Waals surface area (Å²) < 4.78 is 0.987. The molecule has 2 aliphatic rings. The minimum atomic E-state index is -1.82. The summed E-state index contributed by atoms with van der Waals surface area (Å²) in [5, 5.41) is 30.7. The van der Waals surface area contributed by atoms with Crippen LogP contribution in [0.2, 0.25) is 0 Å². The van der Waals surface area contributed by atoms with E-state index in [0.717, 1.165) is 49.7 Å². The highest BCUT2D eigenvalue weighted by molar-refractivity contribution is 8.93. The van der Waals surface area contributed by atoms with Gasteiger partial charge in [0.05, 0.1) is 26.6 Å². The molecule has 2 unspecified atom stereocenters. The van der Waals surface area contributed by atoms with Gasteiger partial charge < -0.3 is 24.6 Å². The van der Waals surface area contributed by atoms with E-state index in [4.69, 9.17) is 5.11 Å². The van der Waals surface area contributed by atoms with Crippen molar-refractivity contribution in [3.8, 4) is 0 Å². The molecule has 2 N–H and O–H groups in total. The predicted molar refractivity (Wildman–Crippen MR) is 100 cm³/mol. The highest BCUT2D eigenvalue weighted by Crippen LogP contribution is 2.40. The maximum Gasteiger partial charge on any atom is 0.132 e. The number of hydrogen-bond acceptors (Lipinski definition) is 4. The predicted octanol–water partition coefficient (Wildman–Crippen LogP) is 1.22. The number of likely N-dealkylation sites (N-methyl/N-ethyl adjacent to an activating group) is 1. The number of carbonyl (C=O) groups is 1. The SMILES string of the molecule is Br.C[N+]1(C)CCC(O)C1.O=C([O-])C(O)(c1ccccc1)C1CCCC1. The highest BCUT2D eigenvalue weighted by atomic mass is 79.9. The zero-order chi connectivity index (χ0) is 17.8. The van der Waals surface area contributed by atoms with Gasteiger partial charge in [0.25, 0.3) is 0 Å². The molecule has 1 heterocycles. The van der Waals surface area contributed by atoms with Crippen LogP contribution in [0.5, 0.6) is 0 Å². The molecule has 1 aromatic rings. The van der Waals surface area contributed by atoms with Crippen LogP contribution in [-0.2, 0) is 10.4 Å². The van der Waals surface area contributed by atoms with Crippen molar-refractivity contribution in [3.05, 3.63) is 35.9 Å². The van der Waals surface area contributed by atoms with Gasteiger partial charge in [-0.3, -0.25) is 0 Å². The number of rotatable bonds is 3. The quantitative estimate of drug-likeness (QED) is 0.727. The number of halogens is 1. The number of carboxylic acid groups (broad SMARTS) is 1. The van der Waals surface area contributed by atoms with Gasteiger partial charge in [0, 0.05) is 6.42 Å². The molecule has 1 saturated carbocycles. The van der Waals surface area contributed by atoms with Gasteiger partial charge in [-0.15, -0.1) is 17.0 Å². The lowest BCUT2D eigenvalue weighted by atomic mass is 9.80. The summed E-state index contributed by atoms with van der Waals surface area (Å²) in [5.74, 6) is -1.61. The maximum absolute atomic E-state index is 11.2. The van der Waals surface area contributed by atoms with Crippen molar-refractivity contribution in [2.45, 2.75) is 43.8 Å². The summed E-state index contributed by atoms with van der Waals surface area (Å²) in [7, 11) is 4.30. The Morgan fingerprint density at radius 3 is 2.08 bits per heavy atom. The minimum absolute atomic E-state index is 0. The summed E-state index contributed by atoms with van der Waals surface area (Å²) >= 11 is 0. The number of aliphatic hydroxyl groups is 2. The van der Waals surface area contributed by atoms with E-state index in [0.29, 0.717) is 5.56 Å². The fourth-order valence-corrected chi connectivity index (χ4v) is 3.81. The number of hydrogen-bond donors (Lipinski definition) is 2. The van der Waals surface area contributed by atoms with Gasteiger partial charge in [-0.05, 0) is 24.3 Å². The fraction of sp³-hybridized carbons (Fsp3) is 0.632. The maximum atomic E-state index is 11.2. The number of aliphatic hydroxyl groups excluding tert-OH is 1. The van der Waals surface area contributed by atoms with Crippen LogP contribution < -0.4 is 5.11 Å². The van der Waals surface area contributed by atoms with Crippen LogP contribution in [-0.4, -0.2) is 54.0 Å². The number of carboxylic acids is 1. The fourth-order valence-electron chi connectivity index (χ4n) is 3.81. The average molecular weight is 416 g/mol. The van der Waals surface area contributed by atoms with Crippen molar-refractivity contribution in [2.75, 3.05) is 27.2 Å². The molecule has 0 radical (unpaired) electrons. The van der Waals surface area contributed by atoms with Crippen LogP contribution in [0.25, 0.3) is 0 Å². The van der Waals surface area contributed by atoms with Crippen molar-refractivity contribution in [2.24, 2.45) is 5.92 Å². The number of nitrogens with zero attached hydrogens (tertiary/aromatic N) is 1. The molecule has 0 bridgehead atoms. The number of benzene rings is 1. The first-order valence-corrected chi connectivity index (χ1v) is 8.75. The molecule has 6 heteroatoms. The van der Waals surface area contributed by atoms with E-state index in [1.165, 1.54) is 0 Å². The zero-order valence-corrected chi connectivity index (χ0v) is 16.8. The van der Waals surface area contributed by atoms with Crippen LogP contribution in [0.1, 0.15) is 37.7 Å². The normalized spacial score (nSPS) is 24.6. The lowest BCUT2D eigenvalue weighted by molar-refractivity contribution is -0.879. The monoisotopic (exact) mass is 415 g/mol. The first kappa shape index (κ1) is 22.1. The van der Waals surface area contributed by atoms with Gasteiger partial charge >= 0.3 is 0 Å². The molecular formula is C19H30BrNO4. The summed E-state index contributed by atoms with van der Waals surface area (Å²) in [6.45, 7) is 2.06. The van der Waals surface area contributed by atoms with Gasteiger partial charge in [-0.1, -0.05) is 43.2 Å². The van der Waals surface area contributed by atoms with Crippen LogP contribution in [0.4, 0.5) is 0 Å². The molecule has 2 atom stereocenters. The van der Waals surface area contributed by atoms with Gasteiger partial charge in [0.15, 0.2) is 0 Å². The molecule has 0 amide bonds. The van der Waals surface area contributed by atoms with E-state index in [-0.39, 0.29) is 29.0 Å². The number of quaternary nitrogens is 1. The van der Waals surface area contributed by atoms with Crippen molar-refractivity contribution in [1.82, 2.24) is 0 Å². The second-order valence-corrected chi connectivity index (χ2v) is 7.69. The molecular weight excluding hydrogens is 386 g/mol. The Balaban J connectivity index is 0.000000295. The Labute approximate surface area is 160 Å². The minimum Gasteiger partial charge on any atom is -0.547 e. The van der Waals surface area contributed by atoms with E-state index in [2.05, 4.69) is 14.1 Å². The zero-order valence-electron chi connectivity index (χ0n) is 15.1. The van der Waals surface area contributed by atoms with Gasteiger partial charge in [0.2, 0.25) is 0 Å². The highest BCUT2D eigenvalue weighted by Gasteiger charge is 2.41. The first-order valence-electron chi connectivity index (χ1n) is 8.75. The van der Waals surface area contributed by atoms with Crippen LogP contribution in [0.15, 0.2) is 30.3 Å². The van der Waals surface area contributed by atoms with E-state index in [9.17, 15) is 15.0 Å². The van der Waals surface area contributed by atoms with Crippen molar-refractivity contribution in [3.63, 3.8) is 0 Å². The van der Waals surface area contributed by atoms with Crippen molar-refractivity contribution >= 4 is 23.0 Å². The van der Waals surface area contributed by atoms with Crippen LogP contribution >= 0.6 is 17.0 Å². The first-order chi connectivity index (χ1) is 11.3. The van der Waals surface area contributed by atoms with Crippen LogP contribution in [0.3, 0.4) is 0 Å². The molecule has 142 valence electrons. The summed E-state index contributed by atoms with van der Waals surface area (Å²) in [6.07, 6.45) is 4.40. The summed E-state index contributed by atoms with van der Waals surface area (Å²) in [5.41, 5.74) is -1.39. The molecule has 1 aliphatic carbocycles. The Morgan fingerprint density at radius 2 is 1.72 bits per heavy atom. The third-order valence-corrected chi connectivity index (χ3v) is 5.24. The molecule has 25 heavy (non-hydrogen) atoms. The average Bonchev–Trinajstić information content (AvgIpc) is 3.17. The largest absolute Gasteiger partial charge is 0.547 e. The van der Waals surface area contributed by atoms with E-state index in [1.54, 1.807) is 30.3 Å². The number of aliphatic carboxylic acids is 1. The number of carbonyl (C=O) groups excluding carboxylic acids is 1. The third-order valence-electron chi connectivity index (χ3n) is 5.24. The molecule has 1 saturated heterocycles. The Bertz CT molecular complexity index is 546. The Morgan fingerprint density at radius 1 is 1.16 bits per heavy atom. The molecule has 1 aromatic carbocycles. The van der Waals surface area contributed by atoms with Gasteiger partial charge in [0.1, 0.15) is 18.2 Å². The molecule has 2 fully saturated rings. The third kappa shape index (κ3) is 5.51. The molecule has 0 aromatic heterocycles. The summed E-state index contributed by atoms with van der Waals surface area (Å²) in [6, 6.07) is 8.56. The van der Waals surface area contributed by atoms with E-state index in [1.807, 2.05) is 0 Å². The lowest BCUT2D eigenvalue weighted by Crippen LogP contribution is -2.50. The smallest absolute Gasteiger partial charge is 0.132 e. The van der Waals surface area contributed by atoms with E-state index >= 15 is 0 Å². The van der Waals surface area contributed by atoms with E-state index < -0.39 is 11.6 Å². The number of likely N-dealkylation sites (tertiary alicyclic amines) is 1. The van der Waals surface area contributed by atoms with Crippen molar-refractivity contribution in [1.29, 1.82) is 0 Å². The standard InChI is InChI=1S/C13H16O3.C6H14NO.BrH/c14-12(15)13(16,11-8-4-5-9-11)10-6-2-1-3-7-10;1-7(2)4-3-6(8)5-7;/h1-3,6-7,11,16H,4-5,8-9H2,(H,14,15);6,8H,3-5H2,1-2H3;1H/q;+1;/p-1. The van der Waals surface area contributed by atoms with Crippen molar-refractivity contribution < 1.29 is 24.6 Å². The Hall–Kier alpha value is -0.950. The topological polar surface area (TPSA) is 80.6 Å². The Kier molecular flexibility index (Phi) is 8.06. The molecule has 0 spiro atoms. The lowest BCUT2D eigenvalue weighted by Gasteiger charge is -2.35. The molecule has 1 aliphatic heterocycles. The second-order valence-electron chi connectivity index (χ2n) is 7.69. The molecule has 5 nitrogen and oxygen atoms in total. The molecule has 3 rings (SSSR count).